The van der Waals surface area contributed by atoms with Crippen LogP contribution in [0.2, 0.25) is 0 Å². The molecule has 1 aliphatic carbocycles. The first-order valence-electron chi connectivity index (χ1n) is 9.14. The molecule has 1 atom stereocenters. The molecule has 1 saturated carbocycles. The molecule has 1 saturated heterocycles. The number of carbonyl (C=O) groups is 1. The molecule has 0 bridgehead atoms. The van der Waals surface area contributed by atoms with Gasteiger partial charge in [0.1, 0.15) is 12.6 Å². The van der Waals surface area contributed by atoms with Gasteiger partial charge in [0.15, 0.2) is 6.54 Å². The Morgan fingerprint density at radius 3 is 2.57 bits per heavy atom. The Morgan fingerprint density at radius 2 is 1.87 bits per heavy atom. The van der Waals surface area contributed by atoms with Crippen molar-refractivity contribution in [2.45, 2.75) is 57.0 Å². The highest BCUT2D eigenvalue weighted by molar-refractivity contribution is 5.91. The Balaban J connectivity index is 1.41. The molecule has 1 heterocycles. The number of hydrogen-bond acceptors (Lipinski definition) is 2. The molecule has 0 radical (unpaired) electrons. The summed E-state index contributed by atoms with van der Waals surface area (Å²) in [5.41, 5.74) is 2.33. The van der Waals surface area contributed by atoms with Crippen LogP contribution in [0.5, 0.6) is 0 Å². The minimum atomic E-state index is 0.0633. The average Bonchev–Trinajstić information content (AvgIpc) is 3.10. The van der Waals surface area contributed by atoms with E-state index in [1.807, 2.05) is 17.4 Å². The average molecular weight is 317 g/mol. The van der Waals surface area contributed by atoms with Gasteiger partial charge in [0.25, 0.3) is 5.91 Å². The molecular formula is C19H29N2O2+. The first kappa shape index (κ1) is 16.5. The van der Waals surface area contributed by atoms with E-state index in [4.69, 9.17) is 4.74 Å². The van der Waals surface area contributed by atoms with E-state index in [0.29, 0.717) is 18.6 Å². The van der Waals surface area contributed by atoms with E-state index in [1.165, 1.54) is 37.7 Å². The van der Waals surface area contributed by atoms with Gasteiger partial charge in [-0.25, -0.2) is 0 Å². The summed E-state index contributed by atoms with van der Waals surface area (Å²) in [5.74, 6) is 0.779. The molecule has 0 aromatic heterocycles. The van der Waals surface area contributed by atoms with Crippen molar-refractivity contribution in [2.75, 3.05) is 25.0 Å². The standard InChI is InChI=1S/C19H28N2O2/c22-19(14-20-13-18-7-4-12-23-18)21-17-10-8-16(9-11-17)15-5-2-1-3-6-15/h8-11,15,18,20H,1-7,12-14H2,(H,21,22)/p+1/t18-/m1/s1. The fraction of sp³-hybridized carbons (Fsp3) is 0.632. The molecule has 0 spiro atoms. The monoisotopic (exact) mass is 317 g/mol. The molecule has 1 aromatic carbocycles. The molecule has 1 aliphatic heterocycles. The van der Waals surface area contributed by atoms with Gasteiger partial charge in [0.05, 0.1) is 0 Å². The number of anilines is 1. The third-order valence-electron chi connectivity index (χ3n) is 5.05. The van der Waals surface area contributed by atoms with Crippen molar-refractivity contribution in [3.63, 3.8) is 0 Å². The normalized spacial score (nSPS) is 22.2. The third kappa shape index (κ3) is 5.05. The number of quaternary nitrogens is 1. The summed E-state index contributed by atoms with van der Waals surface area (Å²) >= 11 is 0. The number of nitrogens with two attached hydrogens (primary N) is 1. The van der Waals surface area contributed by atoms with Crippen LogP contribution in [0, 0.1) is 0 Å². The summed E-state index contributed by atoms with van der Waals surface area (Å²) in [6.45, 7) is 2.22. The number of amides is 1. The molecule has 2 fully saturated rings. The zero-order valence-corrected chi connectivity index (χ0v) is 13.9. The van der Waals surface area contributed by atoms with Crippen LogP contribution in [0.15, 0.2) is 24.3 Å². The number of carbonyl (C=O) groups excluding carboxylic acids is 1. The number of hydrogen-bond donors (Lipinski definition) is 2. The second-order valence-corrected chi connectivity index (χ2v) is 6.87. The summed E-state index contributed by atoms with van der Waals surface area (Å²) in [4.78, 5) is 12.0. The topological polar surface area (TPSA) is 54.9 Å². The molecule has 23 heavy (non-hydrogen) atoms. The molecule has 2 aliphatic rings. The summed E-state index contributed by atoms with van der Waals surface area (Å²) < 4.78 is 5.56. The summed E-state index contributed by atoms with van der Waals surface area (Å²) in [5, 5.41) is 5.03. The van der Waals surface area contributed by atoms with E-state index in [2.05, 4.69) is 17.4 Å². The third-order valence-corrected chi connectivity index (χ3v) is 5.05. The van der Waals surface area contributed by atoms with Gasteiger partial charge >= 0.3 is 0 Å². The smallest absolute Gasteiger partial charge is 0.279 e. The first-order valence-corrected chi connectivity index (χ1v) is 9.14. The maximum atomic E-state index is 12.0. The highest BCUT2D eigenvalue weighted by atomic mass is 16.5. The summed E-state index contributed by atoms with van der Waals surface area (Å²) in [6, 6.07) is 8.45. The van der Waals surface area contributed by atoms with Gasteiger partial charge in [-0.1, -0.05) is 31.4 Å². The molecule has 126 valence electrons. The molecule has 3 N–H and O–H groups in total. The fourth-order valence-electron chi connectivity index (χ4n) is 3.72. The van der Waals surface area contributed by atoms with Crippen molar-refractivity contribution in [3.8, 4) is 0 Å². The Kier molecular flexibility index (Phi) is 6.06. The molecule has 4 nitrogen and oxygen atoms in total. The van der Waals surface area contributed by atoms with E-state index in [9.17, 15) is 4.79 Å². The SMILES string of the molecule is O=C(C[NH2+]C[C@H]1CCCO1)Nc1ccc(C2CCCCC2)cc1. The lowest BCUT2D eigenvalue weighted by atomic mass is 9.84. The highest BCUT2D eigenvalue weighted by Gasteiger charge is 2.18. The molecule has 3 rings (SSSR count). The molecular weight excluding hydrogens is 288 g/mol. The lowest BCUT2D eigenvalue weighted by Gasteiger charge is -2.22. The van der Waals surface area contributed by atoms with Gasteiger partial charge in [0.2, 0.25) is 0 Å². The predicted octanol–water partition coefficient (Wildman–Crippen LogP) is 2.42. The second-order valence-electron chi connectivity index (χ2n) is 6.87. The lowest BCUT2D eigenvalue weighted by Crippen LogP contribution is -2.88. The van der Waals surface area contributed by atoms with Crippen LogP contribution in [-0.4, -0.2) is 31.7 Å². The van der Waals surface area contributed by atoms with Gasteiger partial charge in [-0.3, -0.25) is 4.79 Å². The van der Waals surface area contributed by atoms with E-state index in [0.717, 1.165) is 31.7 Å². The maximum Gasteiger partial charge on any atom is 0.279 e. The summed E-state index contributed by atoms with van der Waals surface area (Å²) in [6.07, 6.45) is 9.31. The van der Waals surface area contributed by atoms with Crippen LogP contribution in [-0.2, 0) is 9.53 Å². The fourth-order valence-corrected chi connectivity index (χ4v) is 3.72. The van der Waals surface area contributed by atoms with E-state index in [1.54, 1.807) is 0 Å². The molecule has 1 aromatic rings. The zero-order valence-electron chi connectivity index (χ0n) is 13.9. The van der Waals surface area contributed by atoms with Crippen LogP contribution in [0.4, 0.5) is 5.69 Å². The second kappa shape index (κ2) is 8.46. The quantitative estimate of drug-likeness (QED) is 0.846. The highest BCUT2D eigenvalue weighted by Crippen LogP contribution is 2.32. The molecule has 0 unspecified atom stereocenters. The van der Waals surface area contributed by atoms with Gasteiger partial charge in [-0.15, -0.1) is 0 Å². The van der Waals surface area contributed by atoms with Crippen LogP contribution in [0.3, 0.4) is 0 Å². The Hall–Kier alpha value is -1.39. The number of ether oxygens (including phenoxy) is 1. The van der Waals surface area contributed by atoms with Crippen molar-refractivity contribution in [1.82, 2.24) is 0 Å². The lowest BCUT2D eigenvalue weighted by molar-refractivity contribution is -0.649. The van der Waals surface area contributed by atoms with Crippen molar-refractivity contribution >= 4 is 11.6 Å². The van der Waals surface area contributed by atoms with Crippen LogP contribution in [0.25, 0.3) is 0 Å². The Bertz CT molecular complexity index is 489. The van der Waals surface area contributed by atoms with Gasteiger partial charge < -0.3 is 15.4 Å². The predicted molar refractivity (Wildman–Crippen MR) is 91.5 cm³/mol. The number of rotatable bonds is 6. The number of nitrogens with one attached hydrogen (secondary N) is 1. The van der Waals surface area contributed by atoms with Crippen molar-refractivity contribution in [2.24, 2.45) is 0 Å². The number of benzene rings is 1. The van der Waals surface area contributed by atoms with Gasteiger partial charge in [-0.05, 0) is 49.3 Å². The Labute approximate surface area is 139 Å². The van der Waals surface area contributed by atoms with E-state index >= 15 is 0 Å². The van der Waals surface area contributed by atoms with Gasteiger partial charge in [-0.2, -0.15) is 0 Å². The first-order chi connectivity index (χ1) is 11.3. The van der Waals surface area contributed by atoms with Gasteiger partial charge in [0, 0.05) is 12.3 Å². The maximum absolute atomic E-state index is 12.0. The van der Waals surface area contributed by atoms with E-state index in [-0.39, 0.29) is 5.91 Å². The molecule has 4 heteroatoms. The van der Waals surface area contributed by atoms with Crippen molar-refractivity contribution in [3.05, 3.63) is 29.8 Å². The van der Waals surface area contributed by atoms with E-state index < -0.39 is 0 Å². The van der Waals surface area contributed by atoms with Crippen LogP contribution in [0.1, 0.15) is 56.4 Å². The zero-order chi connectivity index (χ0) is 15.9. The van der Waals surface area contributed by atoms with Crippen LogP contribution >= 0.6 is 0 Å². The minimum Gasteiger partial charge on any atom is -0.372 e. The van der Waals surface area contributed by atoms with Crippen LogP contribution < -0.4 is 10.6 Å². The van der Waals surface area contributed by atoms with Crippen molar-refractivity contribution < 1.29 is 14.8 Å². The summed E-state index contributed by atoms with van der Waals surface area (Å²) in [7, 11) is 0. The minimum absolute atomic E-state index is 0.0633. The molecule has 1 amide bonds. The largest absolute Gasteiger partial charge is 0.372 e. The Morgan fingerprint density at radius 1 is 1.09 bits per heavy atom. The van der Waals surface area contributed by atoms with Crippen molar-refractivity contribution in [1.29, 1.82) is 0 Å².